The van der Waals surface area contributed by atoms with E-state index < -0.39 is 0 Å². The average molecular weight is 304 g/mol. The van der Waals surface area contributed by atoms with Crippen LogP contribution in [0.3, 0.4) is 0 Å². The van der Waals surface area contributed by atoms with E-state index in [0.29, 0.717) is 0 Å². The third-order valence-corrected chi connectivity index (χ3v) is 4.86. The van der Waals surface area contributed by atoms with Crippen LogP contribution in [0.1, 0.15) is 55.9 Å². The van der Waals surface area contributed by atoms with Gasteiger partial charge in [0.2, 0.25) is 0 Å². The third-order valence-electron chi connectivity index (χ3n) is 4.86. The van der Waals surface area contributed by atoms with Gasteiger partial charge in [-0.05, 0) is 30.5 Å². The second-order valence-corrected chi connectivity index (χ2v) is 7.61. The van der Waals surface area contributed by atoms with Crippen molar-refractivity contribution in [3.8, 4) is 0 Å². The zero-order chi connectivity index (χ0) is 17.3. The largest absolute Gasteiger partial charge is 0.129 e. The van der Waals surface area contributed by atoms with Crippen molar-refractivity contribution in [2.24, 2.45) is 0 Å². The van der Waals surface area contributed by atoms with Crippen LogP contribution in [-0.4, -0.2) is 0 Å². The fraction of sp³-hybridized carbons (Fsp3) is 0.304. The molecule has 1 atom stereocenters. The average Bonchev–Trinajstić information content (AvgIpc) is 2.53. The molecule has 0 heterocycles. The third kappa shape index (κ3) is 3.64. The van der Waals surface area contributed by atoms with Crippen LogP contribution >= 0.6 is 0 Å². The summed E-state index contributed by atoms with van der Waals surface area (Å²) in [6.07, 6.45) is 1.87. The lowest BCUT2D eigenvalue weighted by molar-refractivity contribution is 0.466. The first-order valence-corrected chi connectivity index (χ1v) is 8.18. The normalized spacial score (nSPS) is 13.6. The van der Waals surface area contributed by atoms with Crippen LogP contribution in [0.2, 0.25) is 0 Å². The molecule has 0 heteroatoms. The summed E-state index contributed by atoms with van der Waals surface area (Å²) >= 11 is 0. The maximum Gasteiger partial charge on any atom is 0.129 e. The Balaban J connectivity index is 2.29. The lowest BCUT2D eigenvalue weighted by Gasteiger charge is -2.28. The van der Waals surface area contributed by atoms with Gasteiger partial charge in [-0.2, -0.15) is 0 Å². The van der Waals surface area contributed by atoms with Crippen molar-refractivity contribution < 1.29 is 0 Å². The predicted molar refractivity (Wildman–Crippen MR) is 102 cm³/mol. The van der Waals surface area contributed by atoms with E-state index in [4.69, 9.17) is 0 Å². The van der Waals surface area contributed by atoms with E-state index in [1.807, 2.05) is 6.08 Å². The summed E-state index contributed by atoms with van der Waals surface area (Å²) in [5, 5.41) is 0. The molecule has 0 saturated carbocycles. The Morgan fingerprint density at radius 3 is 1.78 bits per heavy atom. The molecule has 118 valence electrons. The van der Waals surface area contributed by atoms with E-state index in [1.165, 1.54) is 16.7 Å². The van der Waals surface area contributed by atoms with Gasteiger partial charge >= 0.3 is 0 Å². The number of hydrogen-bond acceptors (Lipinski definition) is 0. The standard InChI is InChI=1S/C23H28/c1-8-18-9-13-21(14-10-18)23(6,7)17(2)19-11-15-20(16-12-19)22(3,4)5/h8-17H,1-3H2,4-7H3/q+2. The summed E-state index contributed by atoms with van der Waals surface area (Å²) < 4.78 is 0. The molecule has 0 nitrogen and oxygen atoms in total. The van der Waals surface area contributed by atoms with Gasteiger partial charge in [0.05, 0.1) is 13.8 Å². The molecule has 0 spiro atoms. The lowest BCUT2D eigenvalue weighted by Crippen LogP contribution is -2.25. The van der Waals surface area contributed by atoms with E-state index in [-0.39, 0.29) is 16.7 Å². The SMILES string of the molecule is C=Cc1ccc(C(C)(C)C([CH2+])c2ccc(C([CH2+])(C)C)cc2)cc1. The molecule has 0 aromatic heterocycles. The van der Waals surface area contributed by atoms with Crippen molar-refractivity contribution in [3.63, 3.8) is 0 Å². The lowest BCUT2D eigenvalue weighted by atomic mass is 9.71. The number of benzene rings is 2. The summed E-state index contributed by atoms with van der Waals surface area (Å²) in [6.45, 7) is 21.3. The molecule has 2 aromatic carbocycles. The van der Waals surface area contributed by atoms with Gasteiger partial charge in [-0.1, -0.05) is 75.0 Å². The van der Waals surface area contributed by atoms with Crippen LogP contribution < -0.4 is 0 Å². The van der Waals surface area contributed by atoms with Gasteiger partial charge in [0.25, 0.3) is 0 Å². The first-order chi connectivity index (χ1) is 10.7. The molecule has 1 unspecified atom stereocenters. The molecule has 0 amide bonds. The van der Waals surface area contributed by atoms with Crippen LogP contribution in [0.5, 0.6) is 0 Å². The molecule has 0 radical (unpaired) electrons. The van der Waals surface area contributed by atoms with Gasteiger partial charge < -0.3 is 0 Å². The van der Waals surface area contributed by atoms with E-state index in [1.54, 1.807) is 0 Å². The zero-order valence-corrected chi connectivity index (χ0v) is 14.9. The molecular weight excluding hydrogens is 276 g/mol. The van der Waals surface area contributed by atoms with Crippen LogP contribution in [0.15, 0.2) is 55.1 Å². The smallest absolute Gasteiger partial charge is 0.0985 e. The van der Waals surface area contributed by atoms with Gasteiger partial charge in [-0.25, -0.2) is 0 Å². The van der Waals surface area contributed by atoms with Gasteiger partial charge in [0.1, 0.15) is 11.3 Å². The van der Waals surface area contributed by atoms with Crippen molar-refractivity contribution in [3.05, 3.63) is 91.2 Å². The predicted octanol–water partition coefficient (Wildman–Crippen LogP) is 6.34. The zero-order valence-electron chi connectivity index (χ0n) is 14.9. The van der Waals surface area contributed by atoms with Crippen LogP contribution in [0.4, 0.5) is 0 Å². The first-order valence-electron chi connectivity index (χ1n) is 8.18. The van der Waals surface area contributed by atoms with Crippen LogP contribution in [-0.2, 0) is 10.8 Å². The topological polar surface area (TPSA) is 0 Å². The summed E-state index contributed by atoms with van der Waals surface area (Å²) in [5.41, 5.74) is 4.85. The minimum Gasteiger partial charge on any atom is -0.0985 e. The second-order valence-electron chi connectivity index (χ2n) is 7.61. The van der Waals surface area contributed by atoms with E-state index in [0.717, 1.165) is 5.56 Å². The Morgan fingerprint density at radius 2 is 1.35 bits per heavy atom. The second kappa shape index (κ2) is 6.20. The molecule has 2 rings (SSSR count). The maximum atomic E-state index is 4.45. The molecule has 23 heavy (non-hydrogen) atoms. The Kier molecular flexibility index (Phi) is 4.66. The Labute approximate surface area is 142 Å². The van der Waals surface area contributed by atoms with E-state index >= 15 is 0 Å². The van der Waals surface area contributed by atoms with E-state index in [9.17, 15) is 0 Å². The highest BCUT2D eigenvalue weighted by molar-refractivity contribution is 5.48. The van der Waals surface area contributed by atoms with Gasteiger partial charge in [0, 0.05) is 11.0 Å². The van der Waals surface area contributed by atoms with Crippen molar-refractivity contribution in [1.29, 1.82) is 0 Å². The van der Waals surface area contributed by atoms with Crippen molar-refractivity contribution in [1.82, 2.24) is 0 Å². The summed E-state index contributed by atoms with van der Waals surface area (Å²) in [5.74, 6) is 0.180. The fourth-order valence-electron chi connectivity index (χ4n) is 2.83. The minimum atomic E-state index is -0.0643. The van der Waals surface area contributed by atoms with Gasteiger partial charge in [-0.3, -0.25) is 0 Å². The highest BCUT2D eigenvalue weighted by Crippen LogP contribution is 2.38. The summed E-state index contributed by atoms with van der Waals surface area (Å²) in [7, 11) is 0. The molecule has 0 saturated heterocycles. The molecule has 0 N–H and O–H groups in total. The fourth-order valence-corrected chi connectivity index (χ4v) is 2.83. The van der Waals surface area contributed by atoms with Crippen molar-refractivity contribution >= 4 is 6.08 Å². The van der Waals surface area contributed by atoms with Crippen LogP contribution in [0, 0.1) is 13.8 Å². The van der Waals surface area contributed by atoms with Gasteiger partial charge in [0.15, 0.2) is 0 Å². The molecule has 0 aliphatic carbocycles. The minimum absolute atomic E-state index is 0.0405. The molecule has 0 bridgehead atoms. The van der Waals surface area contributed by atoms with Crippen LogP contribution in [0.25, 0.3) is 6.08 Å². The van der Waals surface area contributed by atoms with Crippen molar-refractivity contribution in [2.45, 2.75) is 44.4 Å². The number of rotatable bonds is 5. The quantitative estimate of drug-likeness (QED) is 0.566. The number of hydrogen-bond donors (Lipinski definition) is 0. The molecule has 0 aliphatic rings. The van der Waals surface area contributed by atoms with Gasteiger partial charge in [-0.15, -0.1) is 0 Å². The highest BCUT2D eigenvalue weighted by Gasteiger charge is 2.34. The molecule has 0 fully saturated rings. The van der Waals surface area contributed by atoms with E-state index in [2.05, 4.69) is 96.7 Å². The molecule has 0 aliphatic heterocycles. The monoisotopic (exact) mass is 304 g/mol. The highest BCUT2D eigenvalue weighted by atomic mass is 14.3. The Bertz CT molecular complexity index is 649. The Hall–Kier alpha value is -2.08. The summed E-state index contributed by atoms with van der Waals surface area (Å²) in [6, 6.07) is 17.3. The summed E-state index contributed by atoms with van der Waals surface area (Å²) in [4.78, 5) is 0. The Morgan fingerprint density at radius 1 is 0.870 bits per heavy atom. The first kappa shape index (κ1) is 17.3. The van der Waals surface area contributed by atoms with Crippen molar-refractivity contribution in [2.75, 3.05) is 0 Å². The maximum absolute atomic E-state index is 4.45. The molecule has 2 aromatic rings. The molecular formula is C23H28+2.